The van der Waals surface area contributed by atoms with Gasteiger partial charge in [0.2, 0.25) is 5.91 Å². The Hall–Kier alpha value is -4.10. The molecule has 6 nitrogen and oxygen atoms in total. The molecule has 218 valence electrons. The molecule has 3 aliphatic carbocycles. The number of pyridine rings is 1. The second-order valence-corrected chi connectivity index (χ2v) is 14.0. The fourth-order valence-electron chi connectivity index (χ4n) is 8.24. The molecule has 2 aromatic carbocycles. The van der Waals surface area contributed by atoms with Crippen LogP contribution in [-0.2, 0) is 15.0 Å². The minimum atomic E-state index is -0.888. The molecule has 5 unspecified atom stereocenters. The molecule has 1 saturated carbocycles. The first-order valence-electron chi connectivity index (χ1n) is 14.8. The van der Waals surface area contributed by atoms with Crippen LogP contribution in [0.25, 0.3) is 5.57 Å². The number of aryl methyl sites for hydroxylation is 1. The van der Waals surface area contributed by atoms with Gasteiger partial charge in [-0.25, -0.2) is 0 Å². The maximum absolute atomic E-state index is 14.9. The van der Waals surface area contributed by atoms with Gasteiger partial charge in [0, 0.05) is 46.3 Å². The van der Waals surface area contributed by atoms with E-state index in [1.807, 2.05) is 43.3 Å². The van der Waals surface area contributed by atoms with Crippen molar-refractivity contribution in [2.24, 2.45) is 5.41 Å². The van der Waals surface area contributed by atoms with Gasteiger partial charge < -0.3 is 15.0 Å². The quantitative estimate of drug-likeness (QED) is 0.225. The third-order valence-electron chi connectivity index (χ3n) is 10.1. The summed E-state index contributed by atoms with van der Waals surface area (Å²) in [6, 6.07) is 19.9. The maximum atomic E-state index is 14.9. The first kappa shape index (κ1) is 27.7. The zero-order valence-corrected chi connectivity index (χ0v) is 25.5. The number of rotatable bonds is 7. The Bertz CT molecular complexity index is 1750. The van der Waals surface area contributed by atoms with Crippen molar-refractivity contribution in [2.75, 3.05) is 12.4 Å². The third kappa shape index (κ3) is 3.90. The van der Waals surface area contributed by atoms with Gasteiger partial charge in [0.25, 0.3) is 0 Å². The highest BCUT2D eigenvalue weighted by atomic mass is 32.2. The lowest BCUT2D eigenvalue weighted by Gasteiger charge is -2.59. The number of hydrogen-bond donors (Lipinski definition) is 2. The molecular weight excluding hydrogens is 554 g/mol. The molecular formula is C36H35N3O3S. The van der Waals surface area contributed by atoms with Crippen LogP contribution in [0.1, 0.15) is 59.9 Å². The van der Waals surface area contributed by atoms with Gasteiger partial charge in [-0.15, -0.1) is 11.8 Å². The lowest BCUT2D eigenvalue weighted by molar-refractivity contribution is -0.131. The molecule has 4 aliphatic rings. The number of benzene rings is 2. The Kier molecular flexibility index (Phi) is 6.43. The highest BCUT2D eigenvalue weighted by Crippen LogP contribution is 2.74. The van der Waals surface area contributed by atoms with Crippen LogP contribution in [0.4, 0.5) is 5.69 Å². The fraction of sp³-hybridized carbons (Fsp3) is 0.306. The second-order valence-electron chi connectivity index (χ2n) is 12.4. The Balaban J connectivity index is 1.40. The van der Waals surface area contributed by atoms with Crippen molar-refractivity contribution < 1.29 is 14.3 Å². The molecule has 4 aromatic rings. The van der Waals surface area contributed by atoms with E-state index < -0.39 is 15.6 Å². The van der Waals surface area contributed by atoms with Crippen molar-refractivity contribution in [3.8, 4) is 5.75 Å². The predicted molar refractivity (Wildman–Crippen MR) is 171 cm³/mol. The van der Waals surface area contributed by atoms with E-state index in [2.05, 4.69) is 65.4 Å². The number of aromatic amines is 1. The Morgan fingerprint density at radius 1 is 1.09 bits per heavy atom. The number of nitrogens with one attached hydrogen (secondary N) is 2. The molecule has 0 radical (unpaired) electrons. The Morgan fingerprint density at radius 3 is 2.63 bits per heavy atom. The van der Waals surface area contributed by atoms with E-state index in [9.17, 15) is 9.59 Å². The van der Waals surface area contributed by atoms with Gasteiger partial charge >= 0.3 is 0 Å². The van der Waals surface area contributed by atoms with Crippen LogP contribution < -0.4 is 10.1 Å². The van der Waals surface area contributed by atoms with Gasteiger partial charge in [0.15, 0.2) is 5.78 Å². The van der Waals surface area contributed by atoms with Gasteiger partial charge in [-0.3, -0.25) is 14.6 Å². The fourth-order valence-corrected chi connectivity index (χ4v) is 10.5. The van der Waals surface area contributed by atoms with Gasteiger partial charge in [-0.05, 0) is 68.0 Å². The molecule has 2 fully saturated rings. The standard InChI is InChI=1S/C36H35N3O3S/c1-22-11-13-24(14-12-22)35-16-15-28(27-19-38-20-29(27)35)36(33(41)39-25-8-7-17-37-18-25)21-34(3,43-32(35)36)31(40)23(2)26-9-5-6-10-30(26)42-4/h5-14,17-20,28,32,38H,2,15-16,21H2,1,3-4H3,(H,39,41). The average molecular weight is 590 g/mol. The number of para-hydroxylation sites is 1. The normalized spacial score (nSPS) is 28.5. The SMILES string of the molecule is C=C(C(=O)C1(C)CC2(C(=O)Nc3cccnc3)C3CCC(c4ccc(C)cc4)(c4c[nH]cc43)C2S1)c1ccccc1OC. The first-order valence-corrected chi connectivity index (χ1v) is 15.6. The smallest absolute Gasteiger partial charge is 0.232 e. The van der Waals surface area contributed by atoms with E-state index in [1.165, 1.54) is 22.3 Å². The molecule has 0 spiro atoms. The number of ether oxygens (including phenoxy) is 1. The minimum absolute atomic E-state index is 0.0376. The zero-order valence-electron chi connectivity index (χ0n) is 24.6. The Labute approximate surface area is 256 Å². The van der Waals surface area contributed by atoms with Crippen molar-refractivity contribution in [2.45, 2.75) is 54.4 Å². The lowest BCUT2D eigenvalue weighted by Crippen LogP contribution is -2.61. The zero-order chi connectivity index (χ0) is 30.0. The van der Waals surface area contributed by atoms with Crippen LogP contribution in [-0.4, -0.2) is 38.8 Å². The molecule has 43 heavy (non-hydrogen) atoms. The number of carbonyl (C=O) groups is 2. The number of Topliss-reactive ketones (excluding diaryl/α,β-unsaturated/α-hetero) is 1. The summed E-state index contributed by atoms with van der Waals surface area (Å²) in [5.41, 5.74) is 5.27. The van der Waals surface area contributed by atoms with Crippen LogP contribution >= 0.6 is 11.8 Å². The van der Waals surface area contributed by atoms with Gasteiger partial charge in [0.1, 0.15) is 5.75 Å². The van der Waals surface area contributed by atoms with Crippen LogP contribution in [0.15, 0.2) is 92.0 Å². The number of carbonyl (C=O) groups excluding carboxylic acids is 2. The number of H-pyrrole nitrogens is 1. The number of ketones is 1. The topological polar surface area (TPSA) is 84.1 Å². The van der Waals surface area contributed by atoms with Crippen LogP contribution in [0.3, 0.4) is 0 Å². The van der Waals surface area contributed by atoms with Crippen LogP contribution in [0.2, 0.25) is 0 Å². The molecule has 1 aliphatic heterocycles. The van der Waals surface area contributed by atoms with E-state index in [4.69, 9.17) is 4.74 Å². The monoisotopic (exact) mass is 589 g/mol. The number of anilines is 1. The number of methoxy groups -OCH3 is 1. The number of hydrogen-bond acceptors (Lipinski definition) is 5. The van der Waals surface area contributed by atoms with Crippen LogP contribution in [0, 0.1) is 12.3 Å². The van der Waals surface area contributed by atoms with E-state index in [-0.39, 0.29) is 22.9 Å². The summed E-state index contributed by atoms with van der Waals surface area (Å²) in [4.78, 5) is 37.1. The molecule has 7 heteroatoms. The summed E-state index contributed by atoms with van der Waals surface area (Å²) in [5, 5.41) is 3.06. The molecule has 3 heterocycles. The second kappa shape index (κ2) is 9.98. The number of thioether (sulfide) groups is 1. The van der Waals surface area contributed by atoms with Gasteiger partial charge in [-0.1, -0.05) is 54.6 Å². The van der Waals surface area contributed by atoms with Crippen LogP contribution in [0.5, 0.6) is 5.75 Å². The van der Waals surface area contributed by atoms with Gasteiger partial charge in [0.05, 0.1) is 29.2 Å². The Morgan fingerprint density at radius 2 is 1.88 bits per heavy atom. The van der Waals surface area contributed by atoms with Crippen molar-refractivity contribution in [3.05, 3.63) is 120 Å². The highest BCUT2D eigenvalue weighted by Gasteiger charge is 2.74. The number of nitrogens with zero attached hydrogens (tertiary/aromatic N) is 1. The van der Waals surface area contributed by atoms with Gasteiger partial charge in [-0.2, -0.15) is 0 Å². The third-order valence-corrected chi connectivity index (χ3v) is 12.0. The number of fused-ring (bicyclic) bond motifs is 1. The van der Waals surface area contributed by atoms with Crippen molar-refractivity contribution in [1.29, 1.82) is 0 Å². The van der Waals surface area contributed by atoms with E-state index in [0.29, 0.717) is 29.0 Å². The molecule has 1 saturated heterocycles. The largest absolute Gasteiger partial charge is 0.496 e. The summed E-state index contributed by atoms with van der Waals surface area (Å²) >= 11 is 1.67. The molecule has 2 N–H and O–H groups in total. The summed E-state index contributed by atoms with van der Waals surface area (Å²) in [6.07, 6.45) is 9.73. The average Bonchev–Trinajstić information content (AvgIpc) is 3.67. The molecule has 2 aromatic heterocycles. The number of amides is 1. The maximum Gasteiger partial charge on any atom is 0.232 e. The molecule has 1 amide bonds. The van der Waals surface area contributed by atoms with Crippen molar-refractivity contribution in [1.82, 2.24) is 9.97 Å². The summed E-state index contributed by atoms with van der Waals surface area (Å²) in [5.74, 6) is 0.463. The van der Waals surface area contributed by atoms with E-state index in [0.717, 1.165) is 12.8 Å². The summed E-state index contributed by atoms with van der Waals surface area (Å²) in [6.45, 7) is 8.39. The van der Waals surface area contributed by atoms with E-state index >= 15 is 0 Å². The van der Waals surface area contributed by atoms with Crippen molar-refractivity contribution in [3.63, 3.8) is 0 Å². The van der Waals surface area contributed by atoms with Crippen molar-refractivity contribution >= 4 is 34.7 Å². The minimum Gasteiger partial charge on any atom is -0.496 e. The number of allylic oxidation sites excluding steroid dienone is 1. The molecule has 8 rings (SSSR count). The highest BCUT2D eigenvalue weighted by molar-refractivity contribution is 8.02. The molecule has 2 bridgehead atoms. The molecule has 5 atom stereocenters. The summed E-state index contributed by atoms with van der Waals surface area (Å²) in [7, 11) is 1.60. The summed E-state index contributed by atoms with van der Waals surface area (Å²) < 4.78 is 4.71. The lowest BCUT2D eigenvalue weighted by atomic mass is 9.45. The predicted octanol–water partition coefficient (Wildman–Crippen LogP) is 7.08. The number of aromatic nitrogens is 2. The van der Waals surface area contributed by atoms with E-state index in [1.54, 1.807) is 31.3 Å². The first-order chi connectivity index (χ1) is 20.7.